The molecular formula is C38H29BBrCl3F2N2O7. The number of hydrogen-bond acceptors (Lipinski definition) is 9. The second-order valence-electron chi connectivity index (χ2n) is 11.6. The van der Waals surface area contributed by atoms with Gasteiger partial charge in [-0.15, -0.1) is 0 Å². The Labute approximate surface area is 330 Å². The van der Waals surface area contributed by atoms with E-state index in [0.717, 1.165) is 39.2 Å². The van der Waals surface area contributed by atoms with Crippen molar-refractivity contribution in [2.24, 2.45) is 0 Å². The fourth-order valence-corrected chi connectivity index (χ4v) is 6.31. The standard InChI is InChI=1S/C15H11ClFNO2.C8H6BClO3.C8H5ClO.C7H7BrFNO/c1-8(19)15-11(6-18-7-12(15)17)14-5-9-4-10(16)2-3-13(9)20-14;10-6-1-2-7-5(3-6)4-8(13-7)9(11)12;9-7-1-2-8-6(5-7)3-4-10-8;1-4(11)7-5(8)2-10-3-6(7)9/h2-8,19H,1H3;1-4,11-12H;1-5H;2-4,11H,1H3. The second kappa shape index (κ2) is 18.4. The van der Waals surface area contributed by atoms with Gasteiger partial charge in [-0.25, -0.2) is 8.78 Å². The fraction of sp³-hybridized carbons (Fsp3) is 0.105. The largest absolute Gasteiger partial charge is 0.526 e. The molecule has 0 aliphatic carbocycles. The van der Waals surface area contributed by atoms with Crippen molar-refractivity contribution in [2.45, 2.75) is 26.1 Å². The maximum Gasteiger partial charge on any atom is 0.526 e. The van der Waals surface area contributed by atoms with Crippen molar-refractivity contribution in [3.05, 3.63) is 146 Å². The Bertz CT molecular complexity index is 2490. The Balaban J connectivity index is 0.000000144. The number of pyridine rings is 2. The van der Waals surface area contributed by atoms with Gasteiger partial charge in [0.05, 0.1) is 30.9 Å². The normalized spacial score (nSPS) is 11.9. The van der Waals surface area contributed by atoms with E-state index in [1.165, 1.54) is 26.2 Å². The molecule has 8 rings (SSSR count). The predicted molar refractivity (Wildman–Crippen MR) is 210 cm³/mol. The molecule has 5 heterocycles. The molecule has 9 nitrogen and oxygen atoms in total. The van der Waals surface area contributed by atoms with Crippen molar-refractivity contribution in [3.63, 3.8) is 0 Å². The molecule has 0 aliphatic heterocycles. The molecular weight excluding hydrogens is 831 g/mol. The number of benzene rings is 3. The number of hydrogen-bond donors (Lipinski definition) is 4. The summed E-state index contributed by atoms with van der Waals surface area (Å²) in [5.41, 5.74) is 3.09. The Morgan fingerprint density at radius 1 is 0.648 bits per heavy atom. The molecule has 0 saturated heterocycles. The second-order valence-corrected chi connectivity index (χ2v) is 13.7. The average Bonchev–Trinajstić information content (AvgIpc) is 3.86. The molecule has 4 N–H and O–H groups in total. The molecule has 8 aromatic rings. The van der Waals surface area contributed by atoms with Crippen LogP contribution in [0.5, 0.6) is 0 Å². The molecule has 54 heavy (non-hydrogen) atoms. The average molecular weight is 861 g/mol. The lowest BCUT2D eigenvalue weighted by atomic mass is 9.88. The third-order valence-corrected chi connectivity index (χ3v) is 8.91. The molecule has 0 saturated carbocycles. The zero-order chi connectivity index (χ0) is 39.1. The molecule has 0 amide bonds. The van der Waals surface area contributed by atoms with E-state index in [0.29, 0.717) is 37.0 Å². The number of aliphatic hydroxyl groups excluding tert-OH is 2. The Morgan fingerprint density at radius 2 is 1.17 bits per heavy atom. The maximum atomic E-state index is 13.8. The summed E-state index contributed by atoms with van der Waals surface area (Å²) >= 11 is 20.5. The van der Waals surface area contributed by atoms with Crippen LogP contribution in [-0.2, 0) is 0 Å². The van der Waals surface area contributed by atoms with Gasteiger partial charge in [-0.3, -0.25) is 9.97 Å². The van der Waals surface area contributed by atoms with Crippen LogP contribution in [0.3, 0.4) is 0 Å². The molecule has 5 aromatic heterocycles. The number of aliphatic hydroxyl groups is 2. The van der Waals surface area contributed by atoms with Crippen LogP contribution in [0.2, 0.25) is 15.1 Å². The smallest absolute Gasteiger partial charge is 0.465 e. The minimum absolute atomic E-state index is 0.122. The summed E-state index contributed by atoms with van der Waals surface area (Å²) in [5, 5.41) is 41.0. The van der Waals surface area contributed by atoms with E-state index in [1.54, 1.807) is 54.8 Å². The molecule has 0 bridgehead atoms. The molecule has 0 fully saturated rings. The van der Waals surface area contributed by atoms with Crippen LogP contribution in [0.25, 0.3) is 44.2 Å². The van der Waals surface area contributed by atoms with Crippen LogP contribution in [0.1, 0.15) is 37.2 Å². The zero-order valence-corrected chi connectivity index (χ0v) is 32.1. The molecule has 2 unspecified atom stereocenters. The summed E-state index contributed by atoms with van der Waals surface area (Å²) in [4.78, 5) is 7.41. The topological polar surface area (TPSA) is 146 Å². The van der Waals surface area contributed by atoms with E-state index in [1.807, 2.05) is 24.3 Å². The van der Waals surface area contributed by atoms with Crippen LogP contribution >= 0.6 is 50.7 Å². The van der Waals surface area contributed by atoms with Gasteiger partial charge in [0.1, 0.15) is 39.8 Å². The lowest BCUT2D eigenvalue weighted by molar-refractivity contribution is 0.193. The van der Waals surface area contributed by atoms with Crippen LogP contribution in [0.4, 0.5) is 8.78 Å². The number of halogens is 6. The van der Waals surface area contributed by atoms with E-state index >= 15 is 0 Å². The van der Waals surface area contributed by atoms with E-state index in [4.69, 9.17) is 63.2 Å². The SMILES string of the molecule is CC(O)c1c(F)cncc1-c1cc2cc(Cl)ccc2o1.CC(O)c1c(F)cncc1Br.Clc1ccc2occc2c1.OB(O)c1cc2cc(Cl)ccc2o1. The number of fused-ring (bicyclic) bond motifs is 3. The molecule has 0 spiro atoms. The summed E-state index contributed by atoms with van der Waals surface area (Å²) in [6.45, 7) is 3.00. The van der Waals surface area contributed by atoms with Gasteiger partial charge in [-0.05, 0) is 103 Å². The molecule has 278 valence electrons. The summed E-state index contributed by atoms with van der Waals surface area (Å²) < 4.78 is 43.1. The number of rotatable bonds is 4. The number of nitrogens with zero attached hydrogens (tertiary/aromatic N) is 2. The first-order chi connectivity index (χ1) is 25.7. The van der Waals surface area contributed by atoms with Crippen LogP contribution in [0.15, 0.2) is 122 Å². The van der Waals surface area contributed by atoms with Gasteiger partial charge >= 0.3 is 7.12 Å². The minimum atomic E-state index is -1.58. The molecule has 16 heteroatoms. The molecule has 0 radical (unpaired) electrons. The maximum absolute atomic E-state index is 13.8. The lowest BCUT2D eigenvalue weighted by Crippen LogP contribution is -2.27. The third kappa shape index (κ3) is 10.3. The van der Waals surface area contributed by atoms with Gasteiger partial charge in [0.2, 0.25) is 0 Å². The Hall–Kier alpha value is -4.31. The van der Waals surface area contributed by atoms with Gasteiger partial charge < -0.3 is 33.5 Å². The Kier molecular flexibility index (Phi) is 13.9. The van der Waals surface area contributed by atoms with E-state index in [9.17, 15) is 13.9 Å². The fourth-order valence-electron chi connectivity index (χ4n) is 5.13. The number of furan rings is 3. The van der Waals surface area contributed by atoms with Crippen LogP contribution in [0, 0.1) is 11.6 Å². The van der Waals surface area contributed by atoms with E-state index < -0.39 is 31.0 Å². The first kappa shape index (κ1) is 40.9. The monoisotopic (exact) mass is 858 g/mol. The first-order valence-electron chi connectivity index (χ1n) is 15.9. The third-order valence-electron chi connectivity index (χ3n) is 7.58. The zero-order valence-electron chi connectivity index (χ0n) is 28.2. The molecule has 3 aromatic carbocycles. The highest BCUT2D eigenvalue weighted by Gasteiger charge is 2.19. The van der Waals surface area contributed by atoms with E-state index in [2.05, 4.69) is 25.9 Å². The lowest BCUT2D eigenvalue weighted by Gasteiger charge is -2.10. The summed E-state index contributed by atoms with van der Waals surface area (Å²) in [6, 6.07) is 21.0. The van der Waals surface area contributed by atoms with Crippen molar-refractivity contribution >= 4 is 96.4 Å². The first-order valence-corrected chi connectivity index (χ1v) is 17.8. The van der Waals surface area contributed by atoms with E-state index in [-0.39, 0.29) is 16.8 Å². The van der Waals surface area contributed by atoms with Crippen molar-refractivity contribution in [1.29, 1.82) is 0 Å². The van der Waals surface area contributed by atoms with Gasteiger partial charge in [0.25, 0.3) is 0 Å². The molecule has 0 aliphatic rings. The highest BCUT2D eigenvalue weighted by Crippen LogP contribution is 2.34. The van der Waals surface area contributed by atoms with Crippen LogP contribution < -0.4 is 5.66 Å². The van der Waals surface area contributed by atoms with Crippen molar-refractivity contribution in [2.75, 3.05) is 0 Å². The number of aromatic nitrogens is 2. The summed E-state index contributed by atoms with van der Waals surface area (Å²) in [5.74, 6) is -0.601. The van der Waals surface area contributed by atoms with Gasteiger partial charge in [-0.1, -0.05) is 34.8 Å². The summed E-state index contributed by atoms with van der Waals surface area (Å²) in [7, 11) is -1.58. The Morgan fingerprint density at radius 3 is 1.72 bits per heavy atom. The van der Waals surface area contributed by atoms with Crippen molar-refractivity contribution in [3.8, 4) is 11.3 Å². The summed E-state index contributed by atoms with van der Waals surface area (Å²) in [6.07, 6.45) is 4.96. The predicted octanol–water partition coefficient (Wildman–Crippen LogP) is 10.2. The van der Waals surface area contributed by atoms with Gasteiger partial charge in [0, 0.05) is 64.8 Å². The quantitative estimate of drug-likeness (QED) is 0.127. The van der Waals surface area contributed by atoms with Gasteiger partial charge in [0.15, 0.2) is 0 Å². The highest BCUT2D eigenvalue weighted by atomic mass is 79.9. The van der Waals surface area contributed by atoms with Crippen LogP contribution in [-0.4, -0.2) is 37.3 Å². The highest BCUT2D eigenvalue weighted by molar-refractivity contribution is 9.10. The molecule has 2 atom stereocenters. The van der Waals surface area contributed by atoms with Crippen molar-refractivity contribution in [1.82, 2.24) is 9.97 Å². The minimum Gasteiger partial charge on any atom is -0.465 e. The van der Waals surface area contributed by atoms with Gasteiger partial charge in [-0.2, -0.15) is 0 Å². The van der Waals surface area contributed by atoms with Crippen molar-refractivity contribution < 1.29 is 42.3 Å².